The summed E-state index contributed by atoms with van der Waals surface area (Å²) in [6.45, 7) is 18.6. The molecule has 4 nitrogen and oxygen atoms in total. The summed E-state index contributed by atoms with van der Waals surface area (Å²) in [5, 5.41) is 6.95. The number of rotatable bonds is 1. The van der Waals surface area contributed by atoms with E-state index in [1.54, 1.807) is 0 Å². The first-order chi connectivity index (χ1) is 30.7. The van der Waals surface area contributed by atoms with Gasteiger partial charge in [-0.1, -0.05) is 140 Å². The zero-order chi connectivity index (χ0) is 43.3. The normalized spacial score (nSPS) is 14.9. The molecule has 5 heterocycles. The fourth-order valence-corrected chi connectivity index (χ4v) is 11.9. The fraction of sp³-hybridized carbons (Fsp3) is 0.186. The van der Waals surface area contributed by atoms with Crippen molar-refractivity contribution in [1.29, 1.82) is 0 Å². The second kappa shape index (κ2) is 11.8. The lowest BCUT2D eigenvalue weighted by Crippen LogP contribution is -2.60. The highest BCUT2D eigenvalue weighted by Gasteiger charge is 2.46. The van der Waals surface area contributed by atoms with Gasteiger partial charge in [-0.15, -0.1) is 0 Å². The summed E-state index contributed by atoms with van der Waals surface area (Å²) in [6.07, 6.45) is 0. The van der Waals surface area contributed by atoms with Crippen molar-refractivity contribution in [2.45, 2.75) is 71.6 Å². The van der Waals surface area contributed by atoms with Gasteiger partial charge in [0.1, 0.15) is 22.3 Å². The summed E-state index contributed by atoms with van der Waals surface area (Å²) < 4.78 is 15.8. The minimum Gasteiger partial charge on any atom is -0.456 e. The summed E-state index contributed by atoms with van der Waals surface area (Å²) in [4.78, 5) is 2.68. The molecule has 0 fully saturated rings. The average Bonchev–Trinajstić information content (AvgIpc) is 3.99. The number of fused-ring (bicyclic) bond motifs is 17. The number of para-hydroxylation sites is 2. The number of benzene rings is 8. The maximum Gasteiger partial charge on any atom is 0.333 e. The van der Waals surface area contributed by atoms with Gasteiger partial charge in [0, 0.05) is 66.4 Å². The van der Waals surface area contributed by atoms with Crippen molar-refractivity contribution in [3.05, 3.63) is 162 Å². The van der Waals surface area contributed by atoms with Gasteiger partial charge in [0.25, 0.3) is 0 Å². The Morgan fingerprint density at radius 2 is 1.11 bits per heavy atom. The third-order valence-corrected chi connectivity index (χ3v) is 15.3. The van der Waals surface area contributed by atoms with Crippen LogP contribution in [0.15, 0.2) is 148 Å². The monoisotopic (exact) mass is 826 g/mol. The van der Waals surface area contributed by atoms with Gasteiger partial charge in [-0.3, -0.25) is 0 Å². The fourth-order valence-electron chi connectivity index (χ4n) is 11.9. The van der Waals surface area contributed by atoms with Crippen molar-refractivity contribution < 1.29 is 8.83 Å². The molecule has 0 N–H and O–H groups in total. The maximum absolute atomic E-state index is 6.72. The average molecular weight is 827 g/mol. The molecule has 0 bridgehead atoms. The van der Waals surface area contributed by atoms with E-state index >= 15 is 0 Å². The Hall–Kier alpha value is -6.98. The van der Waals surface area contributed by atoms with Crippen LogP contribution in [0.5, 0.6) is 0 Å². The lowest BCUT2D eigenvalue weighted by atomic mass is 9.44. The van der Waals surface area contributed by atoms with Crippen LogP contribution in [0.3, 0.4) is 0 Å². The van der Waals surface area contributed by atoms with E-state index in [1.807, 2.05) is 0 Å². The zero-order valence-electron chi connectivity index (χ0n) is 37.6. The number of hydrogen-bond acceptors (Lipinski definition) is 3. The largest absolute Gasteiger partial charge is 0.456 e. The lowest BCUT2D eigenvalue weighted by molar-refractivity contribution is 0.589. The van der Waals surface area contributed by atoms with E-state index in [2.05, 4.69) is 204 Å². The van der Waals surface area contributed by atoms with Gasteiger partial charge in [-0.05, 0) is 109 Å². The number of aromatic nitrogens is 1. The highest BCUT2D eigenvalue weighted by molar-refractivity contribution is 6.94. The van der Waals surface area contributed by atoms with Crippen LogP contribution in [-0.2, 0) is 16.2 Å². The van der Waals surface area contributed by atoms with Crippen LogP contribution in [0.25, 0.3) is 93.6 Å². The Balaban J connectivity index is 1.15. The molecule has 0 spiro atoms. The minimum atomic E-state index is -0.179. The first-order valence-electron chi connectivity index (χ1n) is 22.9. The van der Waals surface area contributed by atoms with Gasteiger partial charge in [-0.2, -0.15) is 0 Å². The van der Waals surface area contributed by atoms with Gasteiger partial charge in [0.05, 0.1) is 11.0 Å². The number of furan rings is 2. The third-order valence-electron chi connectivity index (χ3n) is 15.3. The molecule has 0 amide bonds. The Kier molecular flexibility index (Phi) is 6.72. The maximum atomic E-state index is 6.72. The van der Waals surface area contributed by atoms with Crippen LogP contribution in [0.1, 0.15) is 77.6 Å². The highest BCUT2D eigenvalue weighted by atomic mass is 16.3. The molecule has 3 aromatic heterocycles. The van der Waals surface area contributed by atoms with Crippen molar-refractivity contribution >= 4 is 94.8 Å². The molecular formula is C59H47BN2O2. The van der Waals surface area contributed by atoms with Crippen molar-refractivity contribution in [3.63, 3.8) is 0 Å². The van der Waals surface area contributed by atoms with Crippen molar-refractivity contribution in [3.8, 4) is 27.9 Å². The number of anilines is 2. The molecule has 11 aromatic rings. The van der Waals surface area contributed by atoms with Crippen molar-refractivity contribution in [2.24, 2.45) is 0 Å². The molecule has 0 radical (unpaired) electrons. The molecule has 1 aliphatic carbocycles. The Labute approximate surface area is 372 Å². The summed E-state index contributed by atoms with van der Waals surface area (Å²) in [5.74, 6) is 0. The molecule has 14 rings (SSSR count). The van der Waals surface area contributed by atoms with Crippen LogP contribution in [0, 0.1) is 0 Å². The predicted octanol–water partition coefficient (Wildman–Crippen LogP) is 14.7. The zero-order valence-corrected chi connectivity index (χ0v) is 37.6. The van der Waals surface area contributed by atoms with E-state index < -0.39 is 0 Å². The second-order valence-corrected chi connectivity index (χ2v) is 21.3. The van der Waals surface area contributed by atoms with E-state index in [-0.39, 0.29) is 23.1 Å². The van der Waals surface area contributed by atoms with Crippen LogP contribution in [-0.4, -0.2) is 11.4 Å². The molecule has 0 unspecified atom stereocenters. The molecule has 64 heavy (non-hydrogen) atoms. The lowest BCUT2D eigenvalue weighted by Gasteiger charge is -2.42. The van der Waals surface area contributed by atoms with E-state index in [1.165, 1.54) is 88.6 Å². The van der Waals surface area contributed by atoms with Crippen LogP contribution in [0.2, 0.25) is 0 Å². The molecule has 0 saturated heterocycles. The standard InChI is InChI=1S/C59H47BN2O2/c1-57(2,3)32-17-20-34(21-18-32)62-49-30-46-40(39-25-33(58(4,5)6)19-24-45(39)59(46,7)8)26-41(49)37-22-23-38-42-29-53-44(36-14-10-12-16-52(36)63-53)28-48(42)61-50-31-54-43(35-13-9-11-15-51(35)64-54)27-47(50)60(62)55(37)56(38)61/h9-31H,1-8H3. The molecule has 8 aromatic carbocycles. The van der Waals surface area contributed by atoms with Gasteiger partial charge >= 0.3 is 6.85 Å². The molecule has 0 saturated carbocycles. The summed E-state index contributed by atoms with van der Waals surface area (Å²) in [7, 11) is 0. The van der Waals surface area contributed by atoms with Gasteiger partial charge < -0.3 is 18.2 Å². The molecule has 5 heteroatoms. The minimum absolute atomic E-state index is 0.0243. The molecule has 2 aliphatic heterocycles. The summed E-state index contributed by atoms with van der Waals surface area (Å²) in [6, 6.07) is 52.9. The second-order valence-electron chi connectivity index (χ2n) is 21.3. The predicted molar refractivity (Wildman–Crippen MR) is 269 cm³/mol. The van der Waals surface area contributed by atoms with Crippen LogP contribution < -0.4 is 15.7 Å². The molecular weight excluding hydrogens is 779 g/mol. The van der Waals surface area contributed by atoms with Crippen molar-refractivity contribution in [2.75, 3.05) is 4.81 Å². The van der Waals surface area contributed by atoms with E-state index in [9.17, 15) is 0 Å². The molecule has 0 atom stereocenters. The smallest absolute Gasteiger partial charge is 0.333 e. The summed E-state index contributed by atoms with van der Waals surface area (Å²) in [5.41, 5.74) is 22.8. The van der Waals surface area contributed by atoms with Crippen LogP contribution >= 0.6 is 0 Å². The summed E-state index contributed by atoms with van der Waals surface area (Å²) >= 11 is 0. The van der Waals surface area contributed by atoms with Crippen molar-refractivity contribution in [1.82, 2.24) is 4.57 Å². The SMILES string of the molecule is CC(C)(C)c1ccc(N2B3c4cc5c(cc4-n4c6cc7c(cc6c6ccc(c3c64)-c3cc4c(cc32)C(C)(C)c2ccc(C(C)(C)C)cc2-4)oc2ccccc27)oc2ccccc25)cc1. The van der Waals surface area contributed by atoms with E-state index in [0.717, 1.165) is 49.6 Å². The Morgan fingerprint density at radius 1 is 0.469 bits per heavy atom. The van der Waals surface area contributed by atoms with E-state index in [0.29, 0.717) is 0 Å². The topological polar surface area (TPSA) is 34.5 Å². The third kappa shape index (κ3) is 4.59. The van der Waals surface area contributed by atoms with Crippen LogP contribution in [0.4, 0.5) is 11.4 Å². The van der Waals surface area contributed by atoms with Gasteiger partial charge in [-0.25, -0.2) is 0 Å². The van der Waals surface area contributed by atoms with Gasteiger partial charge in [0.15, 0.2) is 0 Å². The Bertz CT molecular complexity index is 3900. The molecule has 3 aliphatic rings. The highest BCUT2D eigenvalue weighted by Crippen LogP contribution is 2.55. The molecule has 308 valence electrons. The first-order valence-corrected chi connectivity index (χ1v) is 22.9. The number of hydrogen-bond donors (Lipinski definition) is 0. The first kappa shape index (κ1) is 36.5. The number of nitrogens with zero attached hydrogens (tertiary/aromatic N) is 2. The van der Waals surface area contributed by atoms with Gasteiger partial charge in [0.2, 0.25) is 0 Å². The quantitative estimate of drug-likeness (QED) is 0.155. The van der Waals surface area contributed by atoms with E-state index in [4.69, 9.17) is 8.83 Å². The Morgan fingerprint density at radius 3 is 1.81 bits per heavy atom.